The lowest BCUT2D eigenvalue weighted by atomic mass is 10.1. The number of amides is 1. The number of nitrogens with zero attached hydrogens (tertiary/aromatic N) is 8. The summed E-state index contributed by atoms with van der Waals surface area (Å²) in [6.07, 6.45) is -6.26. The van der Waals surface area contributed by atoms with Crippen LogP contribution in [0.2, 0.25) is 5.02 Å². The second-order valence-electron chi connectivity index (χ2n) is 8.70. The van der Waals surface area contributed by atoms with Crippen LogP contribution in [0.1, 0.15) is 22.6 Å². The van der Waals surface area contributed by atoms with E-state index < -0.39 is 24.5 Å². The fourth-order valence-corrected chi connectivity index (χ4v) is 3.92. The minimum Gasteiger partial charge on any atom is -0.382 e. The molecule has 15 heteroatoms. The Balaban J connectivity index is 1.66. The Labute approximate surface area is 230 Å². The van der Waals surface area contributed by atoms with E-state index in [1.807, 2.05) is 6.07 Å². The molecule has 0 saturated heterocycles. The zero-order valence-electron chi connectivity index (χ0n) is 21.0. The number of benzene rings is 2. The molecule has 2 heterocycles. The van der Waals surface area contributed by atoms with Crippen molar-refractivity contribution in [3.05, 3.63) is 81.8 Å². The van der Waals surface area contributed by atoms with E-state index in [0.29, 0.717) is 21.8 Å². The van der Waals surface area contributed by atoms with Crippen LogP contribution in [0, 0.1) is 11.3 Å². The fourth-order valence-electron chi connectivity index (χ4n) is 3.80. The first-order valence-corrected chi connectivity index (χ1v) is 12.2. The number of aliphatic hydroxyl groups is 1. The van der Waals surface area contributed by atoms with Crippen molar-refractivity contribution < 1.29 is 23.1 Å². The molecule has 0 radical (unpaired) electrons. The highest BCUT2D eigenvalue weighted by molar-refractivity contribution is 6.30. The molecule has 2 aromatic carbocycles. The summed E-state index contributed by atoms with van der Waals surface area (Å²) in [5.74, 6) is -0.361. The van der Waals surface area contributed by atoms with Crippen LogP contribution in [0.3, 0.4) is 0 Å². The summed E-state index contributed by atoms with van der Waals surface area (Å²) in [5, 5.41) is 27.3. The molecule has 1 amide bonds. The van der Waals surface area contributed by atoms with Crippen molar-refractivity contribution in [1.82, 2.24) is 34.0 Å². The number of nitriles is 1. The van der Waals surface area contributed by atoms with Crippen LogP contribution < -0.4 is 5.69 Å². The summed E-state index contributed by atoms with van der Waals surface area (Å²) >= 11 is 5.91. The maximum Gasteiger partial charge on any atom is 0.416 e. The van der Waals surface area contributed by atoms with E-state index in [0.717, 1.165) is 9.25 Å². The number of carbonyl (C=O) groups is 1. The predicted molar refractivity (Wildman–Crippen MR) is 137 cm³/mol. The lowest BCUT2D eigenvalue weighted by Gasteiger charge is -2.17. The largest absolute Gasteiger partial charge is 0.416 e. The number of halogens is 4. The second-order valence-corrected chi connectivity index (χ2v) is 9.13. The molecule has 208 valence electrons. The third-order valence-electron chi connectivity index (χ3n) is 5.88. The van der Waals surface area contributed by atoms with Crippen LogP contribution in [0.4, 0.5) is 13.2 Å². The first kappa shape index (κ1) is 28.5. The third kappa shape index (κ3) is 6.22. The molecule has 0 aliphatic heterocycles. The lowest BCUT2D eigenvalue weighted by Crippen LogP contribution is -2.37. The Morgan fingerprint density at radius 2 is 1.88 bits per heavy atom. The van der Waals surface area contributed by atoms with Crippen LogP contribution in [-0.4, -0.2) is 70.9 Å². The van der Waals surface area contributed by atoms with E-state index in [2.05, 4.69) is 15.2 Å². The molecular formula is C25H22ClF3N8O3. The first-order valence-electron chi connectivity index (χ1n) is 11.8. The van der Waals surface area contributed by atoms with Crippen molar-refractivity contribution in [3.63, 3.8) is 0 Å². The van der Waals surface area contributed by atoms with E-state index in [-0.39, 0.29) is 37.1 Å². The fraction of sp³-hybridized carbons (Fsp3) is 0.280. The summed E-state index contributed by atoms with van der Waals surface area (Å²) in [4.78, 5) is 31.6. The Morgan fingerprint density at radius 1 is 1.18 bits per heavy atom. The second kappa shape index (κ2) is 11.7. The number of aliphatic hydroxyl groups excluding tert-OH is 1. The number of alkyl halides is 3. The average molecular weight is 575 g/mol. The highest BCUT2D eigenvalue weighted by Crippen LogP contribution is 2.24. The predicted octanol–water partition coefficient (Wildman–Crippen LogP) is 2.90. The van der Waals surface area contributed by atoms with Crippen LogP contribution in [0.15, 0.2) is 59.7 Å². The Hall–Kier alpha value is -4.48. The maximum absolute atomic E-state index is 13.1. The zero-order chi connectivity index (χ0) is 29.0. The van der Waals surface area contributed by atoms with E-state index in [4.69, 9.17) is 16.9 Å². The van der Waals surface area contributed by atoms with Gasteiger partial charge in [-0.05, 0) is 36.4 Å². The molecule has 1 unspecified atom stereocenters. The van der Waals surface area contributed by atoms with Crippen LogP contribution >= 0.6 is 11.6 Å². The maximum atomic E-state index is 13.1. The number of rotatable bonds is 9. The summed E-state index contributed by atoms with van der Waals surface area (Å²) in [6.45, 7) is -1.15. The molecule has 4 rings (SSSR count). The van der Waals surface area contributed by atoms with Gasteiger partial charge in [-0.1, -0.05) is 23.7 Å². The van der Waals surface area contributed by atoms with Crippen molar-refractivity contribution in [2.75, 3.05) is 13.6 Å². The molecule has 40 heavy (non-hydrogen) atoms. The normalized spacial score (nSPS) is 12.2. The molecule has 0 aliphatic carbocycles. The third-order valence-corrected chi connectivity index (χ3v) is 6.13. The number of hydrogen-bond acceptors (Lipinski definition) is 7. The lowest BCUT2D eigenvalue weighted by molar-refractivity contribution is -0.207. The minimum atomic E-state index is -4.95. The van der Waals surface area contributed by atoms with Gasteiger partial charge < -0.3 is 10.0 Å². The Bertz CT molecular complexity index is 1600. The summed E-state index contributed by atoms with van der Waals surface area (Å²) in [7, 11) is 1.57. The van der Waals surface area contributed by atoms with E-state index in [9.17, 15) is 27.9 Å². The topological polar surface area (TPSA) is 135 Å². The molecule has 0 spiro atoms. The first-order chi connectivity index (χ1) is 19.0. The van der Waals surface area contributed by atoms with Crippen molar-refractivity contribution in [1.29, 1.82) is 5.26 Å². The molecule has 1 N–H and O–H groups in total. The monoisotopic (exact) mass is 574 g/mol. The minimum absolute atomic E-state index is 0.0888. The van der Waals surface area contributed by atoms with Gasteiger partial charge in [0.1, 0.15) is 12.9 Å². The molecule has 0 aliphatic rings. The van der Waals surface area contributed by atoms with Crippen LogP contribution in [0.25, 0.3) is 17.1 Å². The zero-order valence-corrected chi connectivity index (χ0v) is 21.7. The molecule has 11 nitrogen and oxygen atoms in total. The van der Waals surface area contributed by atoms with Crippen molar-refractivity contribution in [2.45, 2.75) is 31.8 Å². The van der Waals surface area contributed by atoms with E-state index >= 15 is 0 Å². The van der Waals surface area contributed by atoms with Crippen LogP contribution in [-0.2, 0) is 13.1 Å². The average Bonchev–Trinajstić information content (AvgIpc) is 3.51. The number of para-hydroxylation sites is 1. The van der Waals surface area contributed by atoms with E-state index in [1.165, 1.54) is 40.2 Å². The molecular weight excluding hydrogens is 553 g/mol. The van der Waals surface area contributed by atoms with Gasteiger partial charge in [0.15, 0.2) is 17.8 Å². The van der Waals surface area contributed by atoms with Gasteiger partial charge in [-0.15, -0.1) is 10.2 Å². The molecule has 1 atom stereocenters. The SMILES string of the molecule is CN(CCC#N)C(=O)c1ccccc1-n1cnc(Cn2nc(-c3ccc(Cl)cc3)n(CC(O)C(F)(F)F)c2=O)n1. The Kier molecular flexibility index (Phi) is 8.36. The van der Waals surface area contributed by atoms with Crippen molar-refractivity contribution in [2.24, 2.45) is 0 Å². The van der Waals surface area contributed by atoms with Gasteiger partial charge in [0.25, 0.3) is 5.91 Å². The molecule has 4 aromatic rings. The number of carbonyl (C=O) groups excluding carboxylic acids is 1. The summed E-state index contributed by atoms with van der Waals surface area (Å²) < 4.78 is 42.2. The van der Waals surface area contributed by atoms with Gasteiger partial charge in [-0.2, -0.15) is 18.4 Å². The molecule has 2 aromatic heterocycles. The molecule has 0 fully saturated rings. The highest BCUT2D eigenvalue weighted by atomic mass is 35.5. The summed E-state index contributed by atoms with van der Waals surface area (Å²) in [5.41, 5.74) is 0.0791. The van der Waals surface area contributed by atoms with Gasteiger partial charge in [0, 0.05) is 24.2 Å². The van der Waals surface area contributed by atoms with E-state index in [1.54, 1.807) is 31.3 Å². The van der Waals surface area contributed by atoms with Gasteiger partial charge in [0.2, 0.25) is 0 Å². The van der Waals surface area contributed by atoms with Crippen molar-refractivity contribution >= 4 is 17.5 Å². The van der Waals surface area contributed by atoms with Gasteiger partial charge in [-0.25, -0.2) is 19.1 Å². The highest BCUT2D eigenvalue weighted by Gasteiger charge is 2.39. The molecule has 0 saturated carbocycles. The quantitative estimate of drug-likeness (QED) is 0.325. The van der Waals surface area contributed by atoms with Crippen LogP contribution in [0.5, 0.6) is 0 Å². The smallest absolute Gasteiger partial charge is 0.382 e. The van der Waals surface area contributed by atoms with Gasteiger partial charge >= 0.3 is 11.9 Å². The summed E-state index contributed by atoms with van der Waals surface area (Å²) in [6, 6.07) is 14.5. The standard InChI is InChI=1S/C25H22ClF3N8O3/c1-34(12-4-11-30)23(39)18-5-2-3-6-19(18)37-15-31-21(32-37)14-36-24(40)35(13-20(38)25(27,28)29)22(33-36)16-7-9-17(26)10-8-16/h2-3,5-10,15,20,38H,4,12-14H2,1H3. The number of hydrogen-bond donors (Lipinski definition) is 1. The molecule has 0 bridgehead atoms. The number of aromatic nitrogens is 6. The Morgan fingerprint density at radius 3 is 2.55 bits per heavy atom. The van der Waals surface area contributed by atoms with Gasteiger partial charge in [0.05, 0.1) is 30.3 Å². The van der Waals surface area contributed by atoms with Gasteiger partial charge in [-0.3, -0.25) is 9.36 Å². The van der Waals surface area contributed by atoms with Crippen molar-refractivity contribution in [3.8, 4) is 23.1 Å².